The predicted molar refractivity (Wildman–Crippen MR) is 113 cm³/mol. The number of benzene rings is 2. The summed E-state index contributed by atoms with van der Waals surface area (Å²) in [6.07, 6.45) is -3.54. The maximum atomic E-state index is 14.9. The standard InChI is InChI=1S/C23H23F4N3O3/c1-4-14(5-2)21(31)30(17-8-10-18(32-3)11-9-17)13-16-7-6-15(12-19(16)24)20-28-29-22(33-20)23(25,26)27/h6-12,14H,4-5,13H2,1-3H3. The van der Waals surface area contributed by atoms with Gasteiger partial charge in [0.2, 0.25) is 11.8 Å². The number of hydrogen-bond acceptors (Lipinski definition) is 5. The Bertz CT molecular complexity index is 1090. The van der Waals surface area contributed by atoms with Crippen molar-refractivity contribution >= 4 is 11.6 Å². The second-order valence-corrected chi connectivity index (χ2v) is 7.35. The molecule has 0 aliphatic rings. The molecule has 33 heavy (non-hydrogen) atoms. The fourth-order valence-electron chi connectivity index (χ4n) is 3.35. The molecule has 0 atom stereocenters. The molecule has 1 heterocycles. The minimum atomic E-state index is -4.79. The zero-order chi connectivity index (χ0) is 24.2. The van der Waals surface area contributed by atoms with E-state index in [1.54, 1.807) is 24.3 Å². The second kappa shape index (κ2) is 10.0. The van der Waals surface area contributed by atoms with Crippen LogP contribution in [0.1, 0.15) is 38.1 Å². The van der Waals surface area contributed by atoms with Crippen LogP contribution < -0.4 is 9.64 Å². The molecule has 0 aliphatic heterocycles. The summed E-state index contributed by atoms with van der Waals surface area (Å²) < 4.78 is 62.8. The Morgan fingerprint density at radius 3 is 2.27 bits per heavy atom. The average Bonchev–Trinajstić information content (AvgIpc) is 3.30. The Balaban J connectivity index is 1.91. The van der Waals surface area contributed by atoms with Crippen LogP contribution in [0.15, 0.2) is 46.9 Å². The summed E-state index contributed by atoms with van der Waals surface area (Å²) in [6, 6.07) is 10.6. The van der Waals surface area contributed by atoms with Crippen molar-refractivity contribution < 1.29 is 31.5 Å². The molecule has 10 heteroatoms. The predicted octanol–water partition coefficient (Wildman–Crippen LogP) is 5.87. The van der Waals surface area contributed by atoms with Crippen LogP contribution in [0.5, 0.6) is 5.75 Å². The zero-order valence-electron chi connectivity index (χ0n) is 18.3. The van der Waals surface area contributed by atoms with E-state index in [1.807, 2.05) is 13.8 Å². The zero-order valence-corrected chi connectivity index (χ0v) is 18.3. The van der Waals surface area contributed by atoms with E-state index in [1.165, 1.54) is 24.1 Å². The van der Waals surface area contributed by atoms with Gasteiger partial charge in [0.05, 0.1) is 13.7 Å². The molecule has 0 fully saturated rings. The highest BCUT2D eigenvalue weighted by Gasteiger charge is 2.38. The number of halogens is 4. The normalized spacial score (nSPS) is 11.6. The Morgan fingerprint density at radius 1 is 1.09 bits per heavy atom. The third-order valence-corrected chi connectivity index (χ3v) is 5.28. The first-order chi connectivity index (χ1) is 15.7. The van der Waals surface area contributed by atoms with Crippen LogP contribution in [0.4, 0.5) is 23.2 Å². The van der Waals surface area contributed by atoms with E-state index in [4.69, 9.17) is 4.74 Å². The Morgan fingerprint density at radius 2 is 1.76 bits per heavy atom. The van der Waals surface area contributed by atoms with Crippen molar-refractivity contribution in [2.45, 2.75) is 39.4 Å². The van der Waals surface area contributed by atoms with Crippen molar-refractivity contribution in [2.24, 2.45) is 5.92 Å². The van der Waals surface area contributed by atoms with E-state index in [0.717, 1.165) is 6.07 Å². The van der Waals surface area contributed by atoms with Crippen molar-refractivity contribution in [2.75, 3.05) is 12.0 Å². The van der Waals surface area contributed by atoms with E-state index in [2.05, 4.69) is 14.6 Å². The highest BCUT2D eigenvalue weighted by atomic mass is 19.4. The van der Waals surface area contributed by atoms with Crippen LogP contribution in [0.25, 0.3) is 11.5 Å². The van der Waals surface area contributed by atoms with Gasteiger partial charge in [-0.15, -0.1) is 10.2 Å². The SMILES string of the molecule is CCC(CC)C(=O)N(Cc1ccc(-c2nnc(C(F)(F)F)o2)cc1F)c1ccc(OC)cc1. The molecule has 3 aromatic rings. The molecule has 0 saturated carbocycles. The molecular formula is C23H23F4N3O3. The van der Waals surface area contributed by atoms with Crippen LogP contribution in [-0.4, -0.2) is 23.2 Å². The highest BCUT2D eigenvalue weighted by Crippen LogP contribution is 2.31. The van der Waals surface area contributed by atoms with Gasteiger partial charge < -0.3 is 14.1 Å². The van der Waals surface area contributed by atoms with Gasteiger partial charge in [-0.2, -0.15) is 13.2 Å². The number of carbonyl (C=O) groups excluding carboxylic acids is 1. The summed E-state index contributed by atoms with van der Waals surface area (Å²) in [7, 11) is 1.53. The molecule has 3 rings (SSSR count). The van der Waals surface area contributed by atoms with Crippen molar-refractivity contribution in [3.8, 4) is 17.2 Å². The van der Waals surface area contributed by atoms with Gasteiger partial charge in [-0.3, -0.25) is 4.79 Å². The minimum Gasteiger partial charge on any atom is -0.497 e. The molecular weight excluding hydrogens is 442 g/mol. The maximum absolute atomic E-state index is 14.9. The number of amides is 1. The lowest BCUT2D eigenvalue weighted by Crippen LogP contribution is -2.35. The molecule has 0 aliphatic carbocycles. The third-order valence-electron chi connectivity index (χ3n) is 5.28. The smallest absolute Gasteiger partial charge is 0.470 e. The number of carbonyl (C=O) groups is 1. The fraction of sp³-hybridized carbons (Fsp3) is 0.348. The first-order valence-electron chi connectivity index (χ1n) is 10.3. The van der Waals surface area contributed by atoms with E-state index in [-0.39, 0.29) is 29.5 Å². The van der Waals surface area contributed by atoms with Crippen LogP contribution >= 0.6 is 0 Å². The van der Waals surface area contributed by atoms with E-state index < -0.39 is 23.8 Å². The highest BCUT2D eigenvalue weighted by molar-refractivity contribution is 5.95. The molecule has 0 N–H and O–H groups in total. The van der Waals surface area contributed by atoms with Gasteiger partial charge in [-0.1, -0.05) is 19.9 Å². The molecule has 0 spiro atoms. The number of aromatic nitrogens is 2. The third kappa shape index (κ3) is 5.50. The summed E-state index contributed by atoms with van der Waals surface area (Å²) in [5.41, 5.74) is 0.758. The van der Waals surface area contributed by atoms with E-state index in [0.29, 0.717) is 24.3 Å². The van der Waals surface area contributed by atoms with Crippen molar-refractivity contribution in [1.29, 1.82) is 0 Å². The largest absolute Gasteiger partial charge is 0.497 e. The van der Waals surface area contributed by atoms with Gasteiger partial charge in [0.25, 0.3) is 0 Å². The van der Waals surface area contributed by atoms with Gasteiger partial charge in [-0.25, -0.2) is 4.39 Å². The number of anilines is 1. The summed E-state index contributed by atoms with van der Waals surface area (Å²) >= 11 is 0. The van der Waals surface area contributed by atoms with Gasteiger partial charge in [0.1, 0.15) is 11.6 Å². The van der Waals surface area contributed by atoms with Crippen LogP contribution in [0.2, 0.25) is 0 Å². The monoisotopic (exact) mass is 465 g/mol. The quantitative estimate of drug-likeness (QED) is 0.389. The number of hydrogen-bond donors (Lipinski definition) is 0. The molecule has 0 radical (unpaired) electrons. The molecule has 0 bridgehead atoms. The Hall–Kier alpha value is -3.43. The average molecular weight is 465 g/mol. The van der Waals surface area contributed by atoms with E-state index >= 15 is 0 Å². The van der Waals surface area contributed by atoms with Gasteiger partial charge >= 0.3 is 12.1 Å². The molecule has 0 unspecified atom stereocenters. The lowest BCUT2D eigenvalue weighted by Gasteiger charge is -2.27. The molecule has 2 aromatic carbocycles. The Labute approximate surface area is 188 Å². The van der Waals surface area contributed by atoms with Gasteiger partial charge in [0.15, 0.2) is 0 Å². The topological polar surface area (TPSA) is 68.5 Å². The van der Waals surface area contributed by atoms with Gasteiger partial charge in [-0.05, 0) is 49.2 Å². The second-order valence-electron chi connectivity index (χ2n) is 7.35. The van der Waals surface area contributed by atoms with Crippen LogP contribution in [-0.2, 0) is 17.5 Å². The summed E-state index contributed by atoms with van der Waals surface area (Å²) in [5.74, 6) is -2.46. The lowest BCUT2D eigenvalue weighted by atomic mass is 10.0. The molecule has 1 aromatic heterocycles. The number of methoxy groups -OCH3 is 1. The fourth-order valence-corrected chi connectivity index (χ4v) is 3.35. The number of nitrogens with zero attached hydrogens (tertiary/aromatic N) is 3. The molecule has 1 amide bonds. The van der Waals surface area contributed by atoms with Crippen LogP contribution in [0.3, 0.4) is 0 Å². The summed E-state index contributed by atoms with van der Waals surface area (Å²) in [6.45, 7) is 3.76. The van der Waals surface area contributed by atoms with Crippen molar-refractivity contribution in [1.82, 2.24) is 10.2 Å². The van der Waals surface area contributed by atoms with Gasteiger partial charge in [0, 0.05) is 22.7 Å². The summed E-state index contributed by atoms with van der Waals surface area (Å²) in [4.78, 5) is 14.7. The number of ether oxygens (including phenoxy) is 1. The lowest BCUT2D eigenvalue weighted by molar-refractivity contribution is -0.157. The molecule has 6 nitrogen and oxygen atoms in total. The molecule has 0 saturated heterocycles. The first kappa shape index (κ1) is 24.2. The number of rotatable bonds is 8. The van der Waals surface area contributed by atoms with Crippen molar-refractivity contribution in [3.63, 3.8) is 0 Å². The Kier molecular flexibility index (Phi) is 7.35. The number of alkyl halides is 3. The minimum absolute atomic E-state index is 0.00145. The van der Waals surface area contributed by atoms with Crippen molar-refractivity contribution in [3.05, 3.63) is 59.7 Å². The summed E-state index contributed by atoms with van der Waals surface area (Å²) in [5, 5.41) is 6.29. The molecule has 176 valence electrons. The maximum Gasteiger partial charge on any atom is 0.470 e. The van der Waals surface area contributed by atoms with Crippen LogP contribution in [0, 0.1) is 11.7 Å². The first-order valence-corrected chi connectivity index (χ1v) is 10.3. The van der Waals surface area contributed by atoms with E-state index in [9.17, 15) is 22.4 Å².